The van der Waals surface area contributed by atoms with Gasteiger partial charge in [-0.05, 0) is 39.8 Å². The van der Waals surface area contributed by atoms with Crippen molar-refractivity contribution in [3.63, 3.8) is 0 Å². The van der Waals surface area contributed by atoms with Crippen molar-refractivity contribution in [2.45, 2.75) is 26.2 Å². The first kappa shape index (κ1) is 19.6. The fourth-order valence-corrected chi connectivity index (χ4v) is 4.50. The molecule has 0 unspecified atom stereocenters. The summed E-state index contributed by atoms with van der Waals surface area (Å²) in [6.45, 7) is 8.61. The van der Waals surface area contributed by atoms with E-state index in [1.54, 1.807) is 6.92 Å². The molecule has 1 atom stereocenters. The van der Waals surface area contributed by atoms with Crippen molar-refractivity contribution in [1.82, 2.24) is 19.4 Å². The van der Waals surface area contributed by atoms with Crippen molar-refractivity contribution in [3.05, 3.63) is 0 Å². The van der Waals surface area contributed by atoms with Crippen LogP contribution in [0.3, 0.4) is 0 Å². The number of piperidine rings is 1. The van der Waals surface area contributed by atoms with E-state index < -0.39 is 10.0 Å². The molecule has 8 heteroatoms. The van der Waals surface area contributed by atoms with Gasteiger partial charge in [0.25, 0.3) is 0 Å². The van der Waals surface area contributed by atoms with E-state index in [1.807, 2.05) is 0 Å². The zero-order valence-electron chi connectivity index (χ0n) is 15.0. The standard InChI is InChI=1S/C16H32N4O3S/c1-3-24(22,23)20-9-4-6-15(14-20)16(21)17-7-5-8-19-12-10-18(2)11-13-19/h15H,3-14H2,1-2H3,(H,17,21)/t15-/m1/s1. The molecule has 24 heavy (non-hydrogen) atoms. The molecule has 0 aliphatic carbocycles. The third-order valence-electron chi connectivity index (χ3n) is 5.06. The lowest BCUT2D eigenvalue weighted by Gasteiger charge is -2.32. The molecule has 0 radical (unpaired) electrons. The Morgan fingerprint density at radius 3 is 2.54 bits per heavy atom. The molecule has 2 rings (SSSR count). The highest BCUT2D eigenvalue weighted by Crippen LogP contribution is 2.19. The van der Waals surface area contributed by atoms with E-state index in [0.717, 1.165) is 52.0 Å². The van der Waals surface area contributed by atoms with Crippen LogP contribution in [0.5, 0.6) is 0 Å². The second kappa shape index (κ2) is 9.12. The minimum Gasteiger partial charge on any atom is -0.356 e. The van der Waals surface area contributed by atoms with Gasteiger partial charge in [-0.15, -0.1) is 0 Å². The van der Waals surface area contributed by atoms with Gasteiger partial charge in [0.15, 0.2) is 0 Å². The van der Waals surface area contributed by atoms with Crippen LogP contribution in [0, 0.1) is 5.92 Å². The first-order chi connectivity index (χ1) is 11.4. The molecular formula is C16H32N4O3S. The van der Waals surface area contributed by atoms with Crippen molar-refractivity contribution in [1.29, 1.82) is 0 Å². The second-order valence-electron chi connectivity index (χ2n) is 6.89. The molecule has 1 N–H and O–H groups in total. The molecule has 0 saturated carbocycles. The van der Waals surface area contributed by atoms with E-state index in [-0.39, 0.29) is 17.6 Å². The maximum Gasteiger partial charge on any atom is 0.224 e. The molecule has 140 valence electrons. The molecule has 2 aliphatic heterocycles. The molecule has 0 bridgehead atoms. The third kappa shape index (κ3) is 5.68. The number of hydrogen-bond acceptors (Lipinski definition) is 5. The number of hydrogen-bond donors (Lipinski definition) is 1. The monoisotopic (exact) mass is 360 g/mol. The Hall–Kier alpha value is -0.700. The van der Waals surface area contributed by atoms with Gasteiger partial charge in [0.2, 0.25) is 15.9 Å². The maximum absolute atomic E-state index is 12.3. The molecule has 0 spiro atoms. The van der Waals surface area contributed by atoms with Gasteiger partial charge in [-0.2, -0.15) is 0 Å². The van der Waals surface area contributed by atoms with Crippen LogP contribution < -0.4 is 5.32 Å². The van der Waals surface area contributed by atoms with Gasteiger partial charge in [-0.3, -0.25) is 4.79 Å². The summed E-state index contributed by atoms with van der Waals surface area (Å²) in [5, 5.41) is 2.99. The summed E-state index contributed by atoms with van der Waals surface area (Å²) in [4.78, 5) is 17.1. The first-order valence-corrected chi connectivity index (χ1v) is 10.7. The van der Waals surface area contributed by atoms with E-state index in [4.69, 9.17) is 0 Å². The maximum atomic E-state index is 12.3. The van der Waals surface area contributed by atoms with Gasteiger partial charge in [-0.1, -0.05) is 0 Å². The fraction of sp³-hybridized carbons (Fsp3) is 0.938. The van der Waals surface area contributed by atoms with Gasteiger partial charge < -0.3 is 15.1 Å². The third-order valence-corrected chi connectivity index (χ3v) is 6.91. The van der Waals surface area contributed by atoms with Gasteiger partial charge in [-0.25, -0.2) is 12.7 Å². The van der Waals surface area contributed by atoms with Crippen molar-refractivity contribution in [2.24, 2.45) is 5.92 Å². The van der Waals surface area contributed by atoms with Gasteiger partial charge in [0, 0.05) is 45.8 Å². The first-order valence-electron chi connectivity index (χ1n) is 9.09. The van der Waals surface area contributed by atoms with Crippen LogP contribution in [0.15, 0.2) is 0 Å². The van der Waals surface area contributed by atoms with E-state index in [9.17, 15) is 13.2 Å². The summed E-state index contributed by atoms with van der Waals surface area (Å²) in [5.74, 6) is -0.0973. The van der Waals surface area contributed by atoms with E-state index in [2.05, 4.69) is 22.2 Å². The van der Waals surface area contributed by atoms with Gasteiger partial charge in [0.05, 0.1) is 11.7 Å². The predicted octanol–water partition coefficient (Wildman–Crippen LogP) is -0.198. The molecule has 0 aromatic heterocycles. The SMILES string of the molecule is CCS(=O)(=O)N1CCC[C@@H](C(=O)NCCCN2CCN(C)CC2)C1. The normalized spacial score (nSPS) is 24.8. The van der Waals surface area contributed by atoms with Crippen LogP contribution in [0.25, 0.3) is 0 Å². The number of nitrogens with zero attached hydrogens (tertiary/aromatic N) is 3. The Kier molecular flexibility index (Phi) is 7.46. The molecule has 2 aliphatic rings. The number of amides is 1. The minimum atomic E-state index is -3.19. The quantitative estimate of drug-likeness (QED) is 0.637. The molecule has 2 fully saturated rings. The van der Waals surface area contributed by atoms with Crippen LogP contribution in [-0.2, 0) is 14.8 Å². The second-order valence-corrected chi connectivity index (χ2v) is 9.14. The molecule has 2 saturated heterocycles. The van der Waals surface area contributed by atoms with Crippen LogP contribution in [0.4, 0.5) is 0 Å². The smallest absolute Gasteiger partial charge is 0.224 e. The van der Waals surface area contributed by atoms with Crippen LogP contribution >= 0.6 is 0 Å². The number of nitrogens with one attached hydrogen (secondary N) is 1. The molecule has 1 amide bonds. The summed E-state index contributed by atoms with van der Waals surface area (Å²) in [6.07, 6.45) is 2.48. The number of carbonyl (C=O) groups excluding carboxylic acids is 1. The highest BCUT2D eigenvalue weighted by atomic mass is 32.2. The van der Waals surface area contributed by atoms with Crippen molar-refractivity contribution < 1.29 is 13.2 Å². The fourth-order valence-electron chi connectivity index (χ4n) is 3.32. The van der Waals surface area contributed by atoms with Gasteiger partial charge in [0.1, 0.15) is 0 Å². The highest BCUT2D eigenvalue weighted by molar-refractivity contribution is 7.89. The lowest BCUT2D eigenvalue weighted by Crippen LogP contribution is -2.47. The predicted molar refractivity (Wildman–Crippen MR) is 95.3 cm³/mol. The van der Waals surface area contributed by atoms with Crippen molar-refractivity contribution >= 4 is 15.9 Å². The summed E-state index contributed by atoms with van der Waals surface area (Å²) < 4.78 is 25.4. The van der Waals surface area contributed by atoms with Crippen LogP contribution in [0.1, 0.15) is 26.2 Å². The van der Waals surface area contributed by atoms with E-state index in [0.29, 0.717) is 19.6 Å². The number of likely N-dealkylation sites (N-methyl/N-ethyl adjacent to an activating group) is 1. The zero-order chi connectivity index (χ0) is 17.6. The highest BCUT2D eigenvalue weighted by Gasteiger charge is 2.31. The molecule has 0 aromatic rings. The summed E-state index contributed by atoms with van der Waals surface area (Å²) in [5.41, 5.74) is 0. The average Bonchev–Trinajstić information content (AvgIpc) is 2.60. The number of sulfonamides is 1. The van der Waals surface area contributed by atoms with E-state index >= 15 is 0 Å². The average molecular weight is 361 g/mol. The Morgan fingerprint density at radius 2 is 1.88 bits per heavy atom. The van der Waals surface area contributed by atoms with Crippen molar-refractivity contribution in [3.8, 4) is 0 Å². The summed E-state index contributed by atoms with van der Waals surface area (Å²) in [7, 11) is -1.05. The van der Waals surface area contributed by atoms with Crippen LogP contribution in [-0.4, -0.2) is 93.6 Å². The number of rotatable bonds is 7. The molecule has 0 aromatic carbocycles. The van der Waals surface area contributed by atoms with Crippen LogP contribution in [0.2, 0.25) is 0 Å². The lowest BCUT2D eigenvalue weighted by atomic mass is 9.99. The lowest BCUT2D eigenvalue weighted by molar-refractivity contribution is -0.126. The molecule has 7 nitrogen and oxygen atoms in total. The molecular weight excluding hydrogens is 328 g/mol. The van der Waals surface area contributed by atoms with E-state index in [1.165, 1.54) is 4.31 Å². The largest absolute Gasteiger partial charge is 0.356 e. The Morgan fingerprint density at radius 1 is 1.17 bits per heavy atom. The number of piperazine rings is 1. The van der Waals surface area contributed by atoms with Crippen molar-refractivity contribution in [2.75, 3.05) is 65.2 Å². The molecule has 2 heterocycles. The summed E-state index contributed by atoms with van der Waals surface area (Å²) in [6, 6.07) is 0. The topological polar surface area (TPSA) is 73.0 Å². The Bertz CT molecular complexity index is 503. The minimum absolute atomic E-state index is 0.00406. The Labute approximate surface area is 146 Å². The summed E-state index contributed by atoms with van der Waals surface area (Å²) >= 11 is 0. The zero-order valence-corrected chi connectivity index (χ0v) is 15.9. The number of carbonyl (C=O) groups is 1. The Balaban J connectivity index is 1.67. The van der Waals surface area contributed by atoms with Gasteiger partial charge >= 0.3 is 0 Å².